The molecule has 0 rings (SSSR count). The van der Waals surface area contributed by atoms with E-state index >= 15 is 0 Å². The Kier molecular flexibility index (Phi) is 6.68. The second-order valence-corrected chi connectivity index (χ2v) is 7.70. The molecule has 0 aliphatic carbocycles. The average Bonchev–Trinajstić information content (AvgIpc) is 0.689. The lowest BCUT2D eigenvalue weighted by molar-refractivity contribution is -0.167. The smallest absolute Gasteiger partial charge is 0.306 e. The number of esters is 3. The van der Waals surface area contributed by atoms with Crippen molar-refractivity contribution in [1.29, 1.82) is 0 Å². The molecule has 0 aromatic carbocycles. The predicted octanol–water partition coefficient (Wildman–Crippen LogP) is 18.1. The van der Waals surface area contributed by atoms with Gasteiger partial charge in [-0.15, -0.1) is 0 Å². The zero-order valence-corrected chi connectivity index (χ0v) is 30.9. The summed E-state index contributed by atoms with van der Waals surface area (Å²) in [6, 6.07) is -18.4. The standard InChI is InChI=1S/C57H104O6/c1-4-7-10-13-16-19-22-25-28-31-34-37-40-43-46-49-55(58)61-52-54(63-57(60)51-48-45-42-39-36-33-30-27-24-21-18-15-12-9-6-3)53-62-56(59)50-47-44-41-38-35-32-29-26-23-20-17-14-11-8-5-2/h25-30,54H,4-24,31-53H2,1-3H3/b28-25-,29-26-,30-27-/i1D3,2D3,3D3,4D2,5D2,6D2,7D2,8D2,9D2,10D2,11D2,12D2,13D2,14D2,15D2,16D2,17D2,18D2,19D2,20D2,21D2,22D2,23D2,24D2,25D,26D,27D,28D,29D,30D,31D2,32D2,33D2,34D2,35D2,36D2,37D2,38D2,39D2,40D2,41D2,42D2,43D2,44D2,45D2,46D2,47D2,48D2,49D2,50D2,51D2,52D2,53D2,54D. The van der Waals surface area contributed by atoms with Crippen molar-refractivity contribution in [3.05, 3.63) is 36.3 Å². The van der Waals surface area contributed by atoms with Crippen molar-refractivity contribution in [3.63, 3.8) is 0 Å². The van der Waals surface area contributed by atoms with Crippen molar-refractivity contribution in [1.82, 2.24) is 0 Å². The molecule has 6 nitrogen and oxygen atoms in total. The van der Waals surface area contributed by atoms with Gasteiger partial charge in [-0.3, -0.25) is 14.4 Å². The first-order valence-corrected chi connectivity index (χ1v) is 15.1. The first-order valence-electron chi connectivity index (χ1n) is 67.1. The maximum absolute atomic E-state index is 14.8. The minimum absolute atomic E-state index is 3.03. The lowest BCUT2D eigenvalue weighted by Gasteiger charge is -2.18. The predicted molar refractivity (Wildman–Crippen MR) is 270 cm³/mol. The van der Waals surface area contributed by atoms with Gasteiger partial charge in [-0.25, -0.2) is 0 Å². The van der Waals surface area contributed by atoms with Crippen molar-refractivity contribution in [2.24, 2.45) is 0 Å². The Hall–Kier alpha value is -2.37. The number of carbonyl (C=O) groups excluding carboxylic acids is 3. The maximum Gasteiger partial charge on any atom is 0.306 e. The Morgan fingerprint density at radius 1 is 0.381 bits per heavy atom. The number of carbonyl (C=O) groups is 3. The van der Waals surface area contributed by atoms with Crippen LogP contribution < -0.4 is 0 Å². The third-order valence-electron chi connectivity index (χ3n) is 3.79. The summed E-state index contributed by atoms with van der Waals surface area (Å²) in [6.45, 7) is -25.9. The van der Waals surface area contributed by atoms with E-state index in [9.17, 15) is 14.4 Å². The zero-order valence-electron chi connectivity index (χ0n) is 135. The van der Waals surface area contributed by atoms with Crippen LogP contribution in [0.2, 0.25) is 0 Å². The molecule has 63 heavy (non-hydrogen) atoms. The third-order valence-corrected chi connectivity index (χ3v) is 3.79. The van der Waals surface area contributed by atoms with Gasteiger partial charge in [0.15, 0.2) is 6.08 Å². The Morgan fingerprint density at radius 3 is 0.905 bits per heavy atom. The third kappa shape index (κ3) is 50.5. The van der Waals surface area contributed by atoms with E-state index in [1.54, 1.807) is 0 Å². The molecule has 0 atom stereocenters. The highest BCUT2D eigenvalue weighted by Crippen LogP contribution is 2.15. The van der Waals surface area contributed by atoms with E-state index in [0.717, 1.165) is 0 Å². The summed E-state index contributed by atoms with van der Waals surface area (Å²) in [4.78, 5) is 43.9. The Balaban J connectivity index is 10.1. The maximum atomic E-state index is 14.8. The van der Waals surface area contributed by atoms with Crippen LogP contribution >= 0.6 is 0 Å². The van der Waals surface area contributed by atoms with Gasteiger partial charge in [-0.2, -0.15) is 0 Å². The molecule has 368 valence electrons. The number of rotatable bonds is 50. The molecule has 6 heteroatoms. The van der Waals surface area contributed by atoms with Crippen molar-refractivity contribution in [2.45, 2.75) is 294 Å². The van der Waals surface area contributed by atoms with Crippen LogP contribution in [0.4, 0.5) is 0 Å². The molecular formula is C57H104O6. The van der Waals surface area contributed by atoms with E-state index in [1.165, 1.54) is 0 Å². The molecule has 0 saturated carbocycles. The van der Waals surface area contributed by atoms with Gasteiger partial charge in [0.05, 0.1) is 15.1 Å². The quantitative estimate of drug-likeness (QED) is 0.0343. The van der Waals surface area contributed by atoms with Crippen LogP contribution in [0.15, 0.2) is 36.3 Å². The highest BCUT2D eigenvalue weighted by molar-refractivity contribution is 5.71. The first-order chi connectivity index (χ1) is 70.3. The number of hydrogen-bond acceptors (Lipinski definition) is 6. The molecule has 0 aliphatic heterocycles. The van der Waals surface area contributed by atoms with Gasteiger partial charge in [-0.1, -0.05) is 210 Å². The number of allylic oxidation sites excluding steroid dienone is 6. The summed E-state index contributed by atoms with van der Waals surface area (Å²) in [6.07, 6.45) is -238. The molecule has 0 spiro atoms. The average molecular weight is 990 g/mol. The van der Waals surface area contributed by atoms with Crippen LogP contribution in [-0.4, -0.2) is 37.1 Å². The fourth-order valence-electron chi connectivity index (χ4n) is 1.88. The largest absolute Gasteiger partial charge is 0.462 e. The molecular weight excluding hydrogens is 781 g/mol. The summed E-state index contributed by atoms with van der Waals surface area (Å²) in [5.74, 6) is -12.5. The molecule has 0 aliphatic rings. The van der Waals surface area contributed by atoms with Crippen LogP contribution in [0.25, 0.3) is 0 Å². The molecule has 0 amide bonds. The molecule has 0 N–H and O–H groups in total. The van der Waals surface area contributed by atoms with Gasteiger partial charge in [0.1, 0.15) is 13.1 Å². The lowest BCUT2D eigenvalue weighted by Crippen LogP contribution is -2.30. The minimum atomic E-state index is -6.61. The SMILES string of the molecule is [2H]/C(=C(\[2H])C([2H])([2H])C([2H])([2H])C([2H])([2H])C([2H])([2H])C([2H])([2H])C([2H])([2H])C([2H])([2H])C([2H])([2H])[2H])C([2H])([2H])C([2H])([2H])C([2H])([2H])C([2H])([2H])C([2H])([2H])C([2H])([2H])C([2H])([2H])C(=O)OC([2H])([2H])C([2H])(OC(=O)C([2H])([2H])C([2H])([2H])C([2H])([2H])C([2H])([2H])C([2H])([2H])C([2H])([2H])C([2H])([2H])/C([2H])=C(/[2H])C([2H])([2H])C([2H])([2H])C([2H])([2H])C([2H])([2H])C([2H])([2H])C([2H])([2H])C([2H])([2H])C([2H])([2H])[2H])C([2H])([2H])OC(=O)C([2H])([2H])C([2H])([2H])C([2H])([2H])C([2H])([2H])C([2H])([2H])C([2H])([2H])C([2H])([2H])/C([2H])=C(/[2H])C([2H])([2H])C([2H])([2H])C([2H])([2H])C([2H])([2H])C([2H])([2H])C([2H])([2H])C([2H])([2H])C([2H])([2H])[2H]. The first kappa shape index (κ1) is 8.05. The Bertz CT molecular complexity index is 5470. The molecule has 0 aromatic rings. The second kappa shape index (κ2) is 52.3. The van der Waals surface area contributed by atoms with Crippen LogP contribution in [0.5, 0.6) is 0 Å². The second-order valence-electron chi connectivity index (χ2n) is 7.70. The lowest BCUT2D eigenvalue weighted by atomic mass is 10.1. The number of hydrogen-bond donors (Lipinski definition) is 0. The molecule has 0 bridgehead atoms. The molecule has 0 aromatic heterocycles. The fourth-order valence-corrected chi connectivity index (χ4v) is 1.88. The summed E-state index contributed by atoms with van der Waals surface area (Å²) in [5, 5.41) is 0. The minimum Gasteiger partial charge on any atom is -0.462 e. The summed E-state index contributed by atoms with van der Waals surface area (Å²) < 4.78 is 877. The van der Waals surface area contributed by atoms with E-state index in [2.05, 4.69) is 14.2 Å². The summed E-state index contributed by atoms with van der Waals surface area (Å²) >= 11 is 0. The molecule has 0 radical (unpaired) electrons. The van der Waals surface area contributed by atoms with Crippen LogP contribution in [0.3, 0.4) is 0 Å². The fraction of sp³-hybridized carbons (Fsp3) is 0.842. The molecule has 0 heterocycles. The number of ether oxygens (including phenoxy) is 3. The Labute approximate surface area is 537 Å². The van der Waals surface area contributed by atoms with E-state index in [-0.39, 0.29) is 0 Å². The van der Waals surface area contributed by atoms with E-state index in [0.29, 0.717) is 0 Å². The van der Waals surface area contributed by atoms with Crippen molar-refractivity contribution in [3.8, 4) is 0 Å². The molecule has 0 fully saturated rings. The van der Waals surface area contributed by atoms with Gasteiger partial charge in [0, 0.05) is 147 Å². The van der Waals surface area contributed by atoms with Gasteiger partial charge >= 0.3 is 17.9 Å². The van der Waals surface area contributed by atoms with Crippen molar-refractivity contribution >= 4 is 17.9 Å². The highest BCUT2D eigenvalue weighted by atomic mass is 16.6. The van der Waals surface area contributed by atoms with Gasteiger partial charge in [0.25, 0.3) is 0 Å². The summed E-state index contributed by atoms with van der Waals surface area (Å²) in [7, 11) is 0. The summed E-state index contributed by atoms with van der Waals surface area (Å²) in [5.41, 5.74) is 0. The van der Waals surface area contributed by atoms with Crippen molar-refractivity contribution in [2.75, 3.05) is 13.1 Å². The van der Waals surface area contributed by atoms with Crippen LogP contribution in [0, 0.1) is 0 Å². The highest BCUT2D eigenvalue weighted by Gasteiger charge is 2.19. The zero-order chi connectivity index (χ0) is 138. The molecule has 0 unspecified atom stereocenters. The van der Waals surface area contributed by atoms with E-state index in [4.69, 9.17) is 143 Å². The topological polar surface area (TPSA) is 78.9 Å². The van der Waals surface area contributed by atoms with E-state index in [1.807, 2.05) is 0 Å². The van der Waals surface area contributed by atoms with Crippen molar-refractivity contribution < 1.29 is 171 Å². The van der Waals surface area contributed by atoms with Crippen LogP contribution in [0.1, 0.15) is 431 Å². The monoisotopic (exact) mass is 989 g/mol. The van der Waals surface area contributed by atoms with Crippen LogP contribution in [-0.2, 0) is 28.6 Å². The Morgan fingerprint density at radius 2 is 0.619 bits per heavy atom. The normalized spacial score (nSPS) is 48.7. The molecule has 0 saturated heterocycles. The van der Waals surface area contributed by atoms with Gasteiger partial charge in [-0.05, 0) is 95.6 Å². The van der Waals surface area contributed by atoms with Gasteiger partial charge < -0.3 is 14.2 Å². The van der Waals surface area contributed by atoms with Gasteiger partial charge in [0.2, 0.25) is 0 Å². The van der Waals surface area contributed by atoms with E-state index < -0.39 is 362 Å².